The fourth-order valence-electron chi connectivity index (χ4n) is 3.09. The van der Waals surface area contributed by atoms with Crippen molar-refractivity contribution in [2.24, 2.45) is 0 Å². The molecule has 0 aliphatic heterocycles. The zero-order valence-corrected chi connectivity index (χ0v) is 17.2. The van der Waals surface area contributed by atoms with E-state index in [9.17, 15) is 14.9 Å². The molecular formula is C21H24N4O5. The molecule has 30 heavy (non-hydrogen) atoms. The van der Waals surface area contributed by atoms with Crippen molar-refractivity contribution in [3.8, 4) is 5.75 Å². The lowest BCUT2D eigenvalue weighted by molar-refractivity contribution is -0.386. The maximum Gasteiger partial charge on any atom is 0.312 e. The lowest BCUT2D eigenvalue weighted by atomic mass is 10.2. The number of nitrogens with zero attached hydrogens (tertiary/aromatic N) is 3. The monoisotopic (exact) mass is 412 g/mol. The fraction of sp³-hybridized carbons (Fsp3) is 0.333. The van der Waals surface area contributed by atoms with E-state index in [4.69, 9.17) is 9.15 Å². The topological polar surface area (TPSA) is 112 Å². The molecule has 0 aliphatic rings. The molecular weight excluding hydrogens is 388 g/mol. The predicted octanol–water partition coefficient (Wildman–Crippen LogP) is 3.57. The maximum absolute atomic E-state index is 12.3. The molecule has 0 saturated carbocycles. The number of rotatable bonds is 9. The number of benzene rings is 1. The van der Waals surface area contributed by atoms with Gasteiger partial charge in [0.1, 0.15) is 29.5 Å². The summed E-state index contributed by atoms with van der Waals surface area (Å²) in [5.41, 5.74) is 2.04. The highest BCUT2D eigenvalue weighted by atomic mass is 16.6. The first-order valence-electron chi connectivity index (χ1n) is 9.66. The summed E-state index contributed by atoms with van der Waals surface area (Å²) in [6, 6.07) is 11.1. The Morgan fingerprint density at radius 3 is 2.60 bits per heavy atom. The van der Waals surface area contributed by atoms with Crippen LogP contribution >= 0.6 is 0 Å². The Bertz CT molecular complexity index is 1040. The van der Waals surface area contributed by atoms with E-state index in [0.717, 1.165) is 12.2 Å². The van der Waals surface area contributed by atoms with Crippen LogP contribution in [0, 0.1) is 24.0 Å². The summed E-state index contributed by atoms with van der Waals surface area (Å²) in [4.78, 5) is 22.9. The van der Waals surface area contributed by atoms with Gasteiger partial charge < -0.3 is 14.5 Å². The molecule has 0 spiro atoms. The molecule has 1 aromatic carbocycles. The Morgan fingerprint density at radius 2 is 1.97 bits per heavy atom. The van der Waals surface area contributed by atoms with Gasteiger partial charge in [-0.1, -0.05) is 19.1 Å². The number of aryl methyl sites for hydroxylation is 2. The number of hydrogen-bond acceptors (Lipinski definition) is 6. The fourth-order valence-corrected chi connectivity index (χ4v) is 3.09. The number of ether oxygens (including phenoxy) is 1. The Labute approximate surface area is 173 Å². The van der Waals surface area contributed by atoms with Gasteiger partial charge in [-0.2, -0.15) is 5.10 Å². The van der Waals surface area contributed by atoms with Crippen molar-refractivity contribution >= 4 is 11.6 Å². The lowest BCUT2D eigenvalue weighted by Crippen LogP contribution is -2.27. The summed E-state index contributed by atoms with van der Waals surface area (Å²) < 4.78 is 12.7. The Morgan fingerprint density at radius 1 is 1.23 bits per heavy atom. The van der Waals surface area contributed by atoms with Crippen molar-refractivity contribution in [1.29, 1.82) is 0 Å². The second-order valence-electron chi connectivity index (χ2n) is 6.81. The molecule has 9 nitrogen and oxygen atoms in total. The number of furan rings is 1. The average Bonchev–Trinajstić information content (AvgIpc) is 3.31. The molecule has 0 radical (unpaired) electrons. The number of nitrogens with one attached hydrogen (secondary N) is 1. The highest BCUT2D eigenvalue weighted by Crippen LogP contribution is 2.21. The van der Waals surface area contributed by atoms with Gasteiger partial charge in [0.2, 0.25) is 0 Å². The van der Waals surface area contributed by atoms with Crippen molar-refractivity contribution in [2.75, 3.05) is 6.54 Å². The minimum atomic E-state index is -0.447. The van der Waals surface area contributed by atoms with E-state index in [1.807, 2.05) is 24.3 Å². The normalized spacial score (nSPS) is 10.8. The number of carbonyl (C=O) groups excluding carboxylic acids is 1. The average molecular weight is 412 g/mol. The van der Waals surface area contributed by atoms with Crippen LogP contribution < -0.4 is 10.1 Å². The van der Waals surface area contributed by atoms with Gasteiger partial charge in [-0.3, -0.25) is 19.6 Å². The zero-order valence-electron chi connectivity index (χ0n) is 17.2. The summed E-state index contributed by atoms with van der Waals surface area (Å²) in [7, 11) is 0. The molecule has 158 valence electrons. The number of carbonyl (C=O) groups is 1. The van der Waals surface area contributed by atoms with E-state index in [0.29, 0.717) is 23.7 Å². The quantitative estimate of drug-likeness (QED) is 0.425. The summed E-state index contributed by atoms with van der Waals surface area (Å²) in [6.07, 6.45) is 0.966. The number of amides is 1. The molecule has 0 aliphatic carbocycles. The van der Waals surface area contributed by atoms with Crippen LogP contribution in [0.15, 0.2) is 40.8 Å². The van der Waals surface area contributed by atoms with Crippen LogP contribution in [-0.4, -0.2) is 27.2 Å². The van der Waals surface area contributed by atoms with E-state index in [-0.39, 0.29) is 30.5 Å². The van der Waals surface area contributed by atoms with Crippen LogP contribution in [0.5, 0.6) is 5.75 Å². The van der Waals surface area contributed by atoms with E-state index in [1.165, 1.54) is 10.2 Å². The van der Waals surface area contributed by atoms with Gasteiger partial charge in [0.05, 0.1) is 11.5 Å². The molecule has 1 N–H and O–H groups in total. The summed E-state index contributed by atoms with van der Waals surface area (Å²) in [5.74, 6) is 1.07. The molecule has 0 fully saturated rings. The van der Waals surface area contributed by atoms with Crippen molar-refractivity contribution in [3.05, 3.63) is 75.0 Å². The molecule has 9 heteroatoms. The van der Waals surface area contributed by atoms with Gasteiger partial charge in [0, 0.05) is 6.54 Å². The van der Waals surface area contributed by atoms with Gasteiger partial charge in [0.15, 0.2) is 5.76 Å². The van der Waals surface area contributed by atoms with Gasteiger partial charge in [-0.15, -0.1) is 0 Å². The van der Waals surface area contributed by atoms with Gasteiger partial charge in [0.25, 0.3) is 5.91 Å². The second-order valence-corrected chi connectivity index (χ2v) is 6.81. The predicted molar refractivity (Wildman–Crippen MR) is 110 cm³/mol. The largest absolute Gasteiger partial charge is 0.486 e. The second kappa shape index (κ2) is 9.25. The SMILES string of the molecule is CCc1ccc(OCc2ccc(C(=O)NCCn3nc(C)c([N+](=O)[O-])c3C)o2)cc1. The van der Waals surface area contributed by atoms with Crippen LogP contribution in [0.3, 0.4) is 0 Å². The van der Waals surface area contributed by atoms with Crippen molar-refractivity contribution in [1.82, 2.24) is 15.1 Å². The first-order chi connectivity index (χ1) is 14.4. The van der Waals surface area contributed by atoms with E-state index >= 15 is 0 Å². The summed E-state index contributed by atoms with van der Waals surface area (Å²) >= 11 is 0. The first kappa shape index (κ1) is 21.1. The highest BCUT2D eigenvalue weighted by Gasteiger charge is 2.21. The van der Waals surface area contributed by atoms with Crippen LogP contribution in [0.25, 0.3) is 0 Å². The highest BCUT2D eigenvalue weighted by molar-refractivity contribution is 5.91. The number of hydrogen-bond donors (Lipinski definition) is 1. The maximum atomic E-state index is 12.3. The molecule has 3 aromatic rings. The Balaban J connectivity index is 1.50. The van der Waals surface area contributed by atoms with Crippen molar-refractivity contribution in [2.45, 2.75) is 40.3 Å². The van der Waals surface area contributed by atoms with Crippen LogP contribution in [0.1, 0.15) is 40.2 Å². The zero-order chi connectivity index (χ0) is 21.7. The molecule has 3 rings (SSSR count). The Hall–Kier alpha value is -3.62. The third-order valence-electron chi connectivity index (χ3n) is 4.73. The third kappa shape index (κ3) is 4.86. The molecule has 2 heterocycles. The van der Waals surface area contributed by atoms with Gasteiger partial charge in [-0.05, 0) is 50.1 Å². The van der Waals surface area contributed by atoms with Crippen LogP contribution in [0.2, 0.25) is 0 Å². The summed E-state index contributed by atoms with van der Waals surface area (Å²) in [6.45, 7) is 6.10. The van der Waals surface area contributed by atoms with Gasteiger partial charge in [-0.25, -0.2) is 0 Å². The van der Waals surface area contributed by atoms with Crippen molar-refractivity contribution < 1.29 is 18.9 Å². The van der Waals surface area contributed by atoms with Crippen LogP contribution in [0.4, 0.5) is 5.69 Å². The molecule has 0 saturated heterocycles. The molecule has 0 unspecified atom stereocenters. The third-order valence-corrected chi connectivity index (χ3v) is 4.73. The lowest BCUT2D eigenvalue weighted by Gasteiger charge is -2.06. The number of nitro groups is 1. The number of aromatic nitrogens is 2. The van der Waals surface area contributed by atoms with Crippen molar-refractivity contribution in [3.63, 3.8) is 0 Å². The molecule has 2 aromatic heterocycles. The molecule has 0 bridgehead atoms. The van der Waals surface area contributed by atoms with Crippen LogP contribution in [-0.2, 0) is 19.6 Å². The summed E-state index contributed by atoms with van der Waals surface area (Å²) in [5, 5.41) is 17.9. The van der Waals surface area contributed by atoms with E-state index in [1.54, 1.807) is 26.0 Å². The smallest absolute Gasteiger partial charge is 0.312 e. The molecule has 0 atom stereocenters. The van der Waals surface area contributed by atoms with Gasteiger partial charge >= 0.3 is 5.69 Å². The minimum absolute atomic E-state index is 0.00124. The van der Waals surface area contributed by atoms with E-state index in [2.05, 4.69) is 17.3 Å². The molecule has 1 amide bonds. The first-order valence-corrected chi connectivity index (χ1v) is 9.66. The Kier molecular flexibility index (Phi) is 6.51. The standard InChI is InChI=1S/C21H24N4O5/c1-4-16-5-7-17(8-6-16)29-13-18-9-10-19(30-18)21(26)22-11-12-24-15(3)20(25(27)28)14(2)23-24/h5-10H,4,11-13H2,1-3H3,(H,22,26). The minimum Gasteiger partial charge on any atom is -0.486 e. The van der Waals surface area contributed by atoms with E-state index < -0.39 is 4.92 Å².